The third-order valence-corrected chi connectivity index (χ3v) is 5.54. The number of piperazine rings is 1. The van der Waals surface area contributed by atoms with Gasteiger partial charge in [0.1, 0.15) is 11.9 Å². The fourth-order valence-corrected chi connectivity index (χ4v) is 3.81. The third kappa shape index (κ3) is 5.34. The first-order valence-electron chi connectivity index (χ1n) is 9.58. The average molecular weight is 419 g/mol. The minimum absolute atomic E-state index is 0.0568. The number of carbonyl (C=O) groups is 2. The number of nitrogens with zero attached hydrogens (tertiary/aromatic N) is 2. The molecule has 29 heavy (non-hydrogen) atoms. The first-order valence-corrected chi connectivity index (χ1v) is 9.96. The lowest BCUT2D eigenvalue weighted by molar-refractivity contribution is -0.148. The van der Waals surface area contributed by atoms with Crippen molar-refractivity contribution in [2.75, 3.05) is 33.3 Å². The van der Waals surface area contributed by atoms with Crippen LogP contribution >= 0.6 is 11.6 Å². The van der Waals surface area contributed by atoms with Gasteiger partial charge in [0.2, 0.25) is 5.91 Å². The molecule has 0 N–H and O–H groups in total. The van der Waals surface area contributed by atoms with E-state index in [1.165, 1.54) is 19.2 Å². The van der Waals surface area contributed by atoms with E-state index < -0.39 is 6.04 Å². The molecule has 0 spiro atoms. The van der Waals surface area contributed by atoms with E-state index in [1.54, 1.807) is 23.1 Å². The van der Waals surface area contributed by atoms with Gasteiger partial charge in [0.25, 0.3) is 0 Å². The van der Waals surface area contributed by atoms with E-state index in [2.05, 4.69) is 0 Å². The van der Waals surface area contributed by atoms with Crippen LogP contribution in [0.5, 0.6) is 0 Å². The molecule has 0 bridgehead atoms. The minimum atomic E-state index is -0.592. The van der Waals surface area contributed by atoms with Gasteiger partial charge in [-0.2, -0.15) is 0 Å². The van der Waals surface area contributed by atoms with Crippen LogP contribution in [0.2, 0.25) is 5.02 Å². The number of halogens is 2. The monoisotopic (exact) mass is 418 g/mol. The smallest absolute Gasteiger partial charge is 0.327 e. The maximum atomic E-state index is 13.0. The number of aryl methyl sites for hydroxylation is 1. The molecule has 1 aliphatic rings. The zero-order valence-corrected chi connectivity index (χ0v) is 17.1. The van der Waals surface area contributed by atoms with Crippen molar-refractivity contribution >= 4 is 23.5 Å². The molecule has 154 valence electrons. The fraction of sp³-hybridized carbons (Fsp3) is 0.364. The molecule has 2 aromatic rings. The van der Waals surface area contributed by atoms with Gasteiger partial charge < -0.3 is 9.64 Å². The Kier molecular flexibility index (Phi) is 7.23. The lowest BCUT2D eigenvalue weighted by Gasteiger charge is -2.38. The zero-order valence-electron chi connectivity index (χ0n) is 16.3. The van der Waals surface area contributed by atoms with Gasteiger partial charge in [-0.25, -0.2) is 9.18 Å². The molecule has 5 nitrogen and oxygen atoms in total. The molecule has 1 unspecified atom stereocenters. The average Bonchev–Trinajstić information content (AvgIpc) is 2.75. The van der Waals surface area contributed by atoms with Crippen LogP contribution in [0, 0.1) is 5.82 Å². The highest BCUT2D eigenvalue weighted by molar-refractivity contribution is 6.31. The molecule has 1 atom stereocenters. The Morgan fingerprint density at radius 3 is 2.34 bits per heavy atom. The van der Waals surface area contributed by atoms with Crippen molar-refractivity contribution in [3.8, 4) is 0 Å². The summed E-state index contributed by atoms with van der Waals surface area (Å²) in [6.45, 7) is 2.15. The quantitative estimate of drug-likeness (QED) is 0.674. The van der Waals surface area contributed by atoms with Gasteiger partial charge in [-0.05, 0) is 35.7 Å². The van der Waals surface area contributed by atoms with Gasteiger partial charge in [-0.1, -0.05) is 41.9 Å². The summed E-state index contributed by atoms with van der Waals surface area (Å²) in [5, 5.41) is 0.515. The number of carbonyl (C=O) groups excluding carboxylic acids is 2. The van der Waals surface area contributed by atoms with E-state index in [1.807, 2.05) is 23.1 Å². The Bertz CT molecular complexity index is 851. The van der Waals surface area contributed by atoms with Crippen molar-refractivity contribution in [2.45, 2.75) is 18.9 Å². The number of rotatable bonds is 6. The zero-order chi connectivity index (χ0) is 20.8. The highest BCUT2D eigenvalue weighted by atomic mass is 35.5. The van der Waals surface area contributed by atoms with Gasteiger partial charge in [0.05, 0.1) is 7.11 Å². The van der Waals surface area contributed by atoms with E-state index in [9.17, 15) is 14.0 Å². The molecule has 0 aliphatic carbocycles. The van der Waals surface area contributed by atoms with Crippen LogP contribution in [0.15, 0.2) is 48.5 Å². The standard InChI is InChI=1S/C22H24ClFN2O3/c1-29-22(28)21(18-4-2-3-5-19(18)23)26-14-12-25(13-15-26)20(27)11-8-16-6-9-17(24)10-7-16/h2-7,9-10,21H,8,11-15H2,1H3. The maximum Gasteiger partial charge on any atom is 0.327 e. The largest absolute Gasteiger partial charge is 0.468 e. The van der Waals surface area contributed by atoms with Crippen molar-refractivity contribution in [1.82, 2.24) is 9.80 Å². The van der Waals surface area contributed by atoms with E-state index in [0.717, 1.165) is 5.56 Å². The number of amides is 1. The second-order valence-corrected chi connectivity index (χ2v) is 7.40. The number of hydrogen-bond acceptors (Lipinski definition) is 4. The Morgan fingerprint density at radius 1 is 1.07 bits per heavy atom. The summed E-state index contributed by atoms with van der Waals surface area (Å²) >= 11 is 6.31. The van der Waals surface area contributed by atoms with Gasteiger partial charge in [-0.3, -0.25) is 9.69 Å². The normalized spacial score (nSPS) is 15.8. The van der Waals surface area contributed by atoms with Crippen LogP contribution in [0.25, 0.3) is 0 Å². The summed E-state index contributed by atoms with van der Waals surface area (Å²) in [5.41, 5.74) is 1.64. The molecule has 0 aromatic heterocycles. The number of methoxy groups -OCH3 is 1. The molecule has 1 amide bonds. The van der Waals surface area contributed by atoms with Crippen molar-refractivity contribution < 1.29 is 18.7 Å². The van der Waals surface area contributed by atoms with Gasteiger partial charge >= 0.3 is 5.97 Å². The van der Waals surface area contributed by atoms with Crippen LogP contribution in [0.3, 0.4) is 0 Å². The van der Waals surface area contributed by atoms with E-state index >= 15 is 0 Å². The lowest BCUT2D eigenvalue weighted by Crippen LogP contribution is -2.51. The van der Waals surface area contributed by atoms with Crippen LogP contribution in [-0.4, -0.2) is 55.0 Å². The highest BCUT2D eigenvalue weighted by Crippen LogP contribution is 2.29. The van der Waals surface area contributed by atoms with Crippen molar-refractivity contribution in [2.24, 2.45) is 0 Å². The van der Waals surface area contributed by atoms with E-state index in [0.29, 0.717) is 49.6 Å². The topological polar surface area (TPSA) is 49.9 Å². The molecule has 1 saturated heterocycles. The van der Waals surface area contributed by atoms with Crippen LogP contribution in [0.1, 0.15) is 23.6 Å². The fourth-order valence-electron chi connectivity index (χ4n) is 3.57. The first-order chi connectivity index (χ1) is 14.0. The van der Waals surface area contributed by atoms with Crippen molar-refractivity contribution in [1.29, 1.82) is 0 Å². The predicted molar refractivity (Wildman–Crippen MR) is 109 cm³/mol. The minimum Gasteiger partial charge on any atom is -0.468 e. The Labute approximate surface area is 175 Å². The van der Waals surface area contributed by atoms with Crippen molar-refractivity contribution in [3.63, 3.8) is 0 Å². The Morgan fingerprint density at radius 2 is 1.72 bits per heavy atom. The highest BCUT2D eigenvalue weighted by Gasteiger charge is 2.33. The summed E-state index contributed by atoms with van der Waals surface area (Å²) < 4.78 is 18.0. The van der Waals surface area contributed by atoms with Crippen LogP contribution in [0.4, 0.5) is 4.39 Å². The molecule has 3 rings (SSSR count). The maximum absolute atomic E-state index is 13.0. The summed E-state index contributed by atoms with van der Waals surface area (Å²) in [6, 6.07) is 12.8. The predicted octanol–water partition coefficient (Wildman–Crippen LogP) is 3.47. The number of benzene rings is 2. The van der Waals surface area contributed by atoms with Gasteiger partial charge in [0, 0.05) is 37.6 Å². The first kappa shape index (κ1) is 21.3. The SMILES string of the molecule is COC(=O)C(c1ccccc1Cl)N1CCN(C(=O)CCc2ccc(F)cc2)CC1. The summed E-state index contributed by atoms with van der Waals surface area (Å²) in [6.07, 6.45) is 0.945. The number of hydrogen-bond donors (Lipinski definition) is 0. The number of esters is 1. The summed E-state index contributed by atoms with van der Waals surface area (Å²) in [5.74, 6) is -0.592. The molecule has 1 aliphatic heterocycles. The third-order valence-electron chi connectivity index (χ3n) is 5.20. The number of ether oxygens (including phenoxy) is 1. The van der Waals surface area contributed by atoms with E-state index in [-0.39, 0.29) is 17.7 Å². The molecular formula is C22H24ClFN2O3. The molecule has 7 heteroatoms. The molecule has 0 saturated carbocycles. The summed E-state index contributed by atoms with van der Waals surface area (Å²) in [7, 11) is 1.36. The molecular weight excluding hydrogens is 395 g/mol. The molecule has 1 heterocycles. The van der Waals surface area contributed by atoms with Crippen LogP contribution in [-0.2, 0) is 20.7 Å². The van der Waals surface area contributed by atoms with Crippen molar-refractivity contribution in [3.05, 3.63) is 70.5 Å². The lowest BCUT2D eigenvalue weighted by atomic mass is 10.0. The van der Waals surface area contributed by atoms with E-state index in [4.69, 9.17) is 16.3 Å². The summed E-state index contributed by atoms with van der Waals surface area (Å²) in [4.78, 5) is 28.8. The second kappa shape index (κ2) is 9.85. The second-order valence-electron chi connectivity index (χ2n) is 6.99. The molecule has 1 fully saturated rings. The van der Waals surface area contributed by atoms with Gasteiger partial charge in [-0.15, -0.1) is 0 Å². The molecule has 2 aromatic carbocycles. The molecule has 0 radical (unpaired) electrons. The van der Waals surface area contributed by atoms with Crippen LogP contribution < -0.4 is 0 Å². The Balaban J connectivity index is 1.59. The Hall–Kier alpha value is -2.44. The van der Waals surface area contributed by atoms with Gasteiger partial charge in [0.15, 0.2) is 0 Å².